The molecule has 2 aliphatic rings. The van der Waals surface area contributed by atoms with Gasteiger partial charge in [-0.25, -0.2) is 12.8 Å². The monoisotopic (exact) mass is 946 g/mol. The first-order valence-corrected chi connectivity index (χ1v) is 24.8. The van der Waals surface area contributed by atoms with Gasteiger partial charge in [0.15, 0.2) is 0 Å². The van der Waals surface area contributed by atoms with Gasteiger partial charge in [0.2, 0.25) is 0 Å². The van der Waals surface area contributed by atoms with Gasteiger partial charge >= 0.3 is 0 Å². The summed E-state index contributed by atoms with van der Waals surface area (Å²) in [7, 11) is -0.651. The van der Waals surface area contributed by atoms with E-state index in [1.807, 2.05) is 73.1 Å². The van der Waals surface area contributed by atoms with Crippen molar-refractivity contribution in [3.8, 4) is 22.4 Å². The van der Waals surface area contributed by atoms with E-state index in [4.69, 9.17) is 4.74 Å². The summed E-state index contributed by atoms with van der Waals surface area (Å²) in [6.07, 6.45) is 0.733. The number of rotatable bonds is 17. The van der Waals surface area contributed by atoms with Crippen molar-refractivity contribution in [2.75, 3.05) is 91.7 Å². The number of halogens is 1. The number of nitro groups is 1. The maximum Gasteiger partial charge on any atom is 0.293 e. The summed E-state index contributed by atoms with van der Waals surface area (Å²) in [5, 5.41) is 18.6. The average molecular weight is 947 g/mol. The fourth-order valence-corrected chi connectivity index (χ4v) is 10.8. The number of carbonyl (C=O) groups excluding carboxylic acids is 1. The van der Waals surface area contributed by atoms with Gasteiger partial charge in [0.1, 0.15) is 11.5 Å². The Morgan fingerprint density at radius 2 is 1.52 bits per heavy atom. The van der Waals surface area contributed by atoms with E-state index in [9.17, 15) is 27.7 Å². The van der Waals surface area contributed by atoms with Gasteiger partial charge in [-0.15, -0.1) is 11.8 Å². The van der Waals surface area contributed by atoms with Crippen LogP contribution in [0.3, 0.4) is 0 Å². The second-order valence-electron chi connectivity index (χ2n) is 16.6. The summed E-state index contributed by atoms with van der Waals surface area (Å²) in [5.74, 6) is 0.124. The van der Waals surface area contributed by atoms with Crippen molar-refractivity contribution in [2.24, 2.45) is 7.05 Å². The minimum Gasteiger partial charge on any atom is -0.379 e. The van der Waals surface area contributed by atoms with Crippen molar-refractivity contribution in [1.82, 2.24) is 14.8 Å². The molecule has 3 heterocycles. The molecule has 0 bridgehead atoms. The van der Waals surface area contributed by atoms with Crippen molar-refractivity contribution in [3.05, 3.63) is 149 Å². The summed E-state index contributed by atoms with van der Waals surface area (Å²) >= 11 is 1.66. The zero-order chi connectivity index (χ0) is 47.1. The number of nitrogens with zero attached hydrogens (tertiary/aromatic N) is 5. The molecule has 1 aromatic heterocycles. The predicted octanol–water partition coefficient (Wildman–Crippen LogP) is 8.50. The molecule has 0 saturated carbocycles. The zero-order valence-electron chi connectivity index (χ0n) is 37.8. The number of ether oxygens (including phenoxy) is 1. The van der Waals surface area contributed by atoms with Crippen LogP contribution in [0.5, 0.6) is 0 Å². The second-order valence-corrected chi connectivity index (χ2v) is 19.4. The number of amides is 1. The topological polar surface area (TPSA) is 154 Å². The van der Waals surface area contributed by atoms with E-state index in [0.717, 1.165) is 76.5 Å². The number of morpholine rings is 1. The van der Waals surface area contributed by atoms with E-state index in [1.165, 1.54) is 24.3 Å². The number of hydrogen-bond donors (Lipinski definition) is 3. The number of carbonyl (C=O) groups is 1. The molecule has 1 atom stereocenters. The Bertz CT molecular complexity index is 2800. The van der Waals surface area contributed by atoms with E-state index in [0.29, 0.717) is 56.4 Å². The Morgan fingerprint density at radius 3 is 2.19 bits per heavy atom. The van der Waals surface area contributed by atoms with Crippen LogP contribution in [0.4, 0.5) is 32.8 Å². The lowest BCUT2D eigenvalue weighted by atomic mass is 9.96. The van der Waals surface area contributed by atoms with Gasteiger partial charge in [-0.05, 0) is 109 Å². The van der Waals surface area contributed by atoms with Gasteiger partial charge in [-0.2, -0.15) is 0 Å². The number of anilines is 4. The molecule has 350 valence electrons. The quantitative estimate of drug-likeness (QED) is 0.0458. The minimum absolute atomic E-state index is 0.127. The third kappa shape index (κ3) is 11.1. The summed E-state index contributed by atoms with van der Waals surface area (Å²) in [5.41, 5.74) is 6.85. The lowest BCUT2D eigenvalue weighted by Crippen LogP contribution is -2.46. The van der Waals surface area contributed by atoms with Gasteiger partial charge in [0, 0.05) is 111 Å². The highest BCUT2D eigenvalue weighted by Crippen LogP contribution is 2.40. The molecule has 6 aromatic rings. The van der Waals surface area contributed by atoms with Crippen molar-refractivity contribution < 1.29 is 27.3 Å². The van der Waals surface area contributed by atoms with Crippen molar-refractivity contribution in [2.45, 2.75) is 29.2 Å². The number of nitro benzene ring substituents is 1. The van der Waals surface area contributed by atoms with Crippen LogP contribution < -0.4 is 25.2 Å². The molecule has 5 aromatic carbocycles. The molecule has 2 aliphatic heterocycles. The molecule has 0 radical (unpaired) electrons. The normalized spacial score (nSPS) is 15.0. The standard InChI is InChI=1S/C50H55FN8O6S2/c1-35-47(50(60)52-2)48(49(55(35)3)36-12-14-38(51)15-13-36)37-8-7-9-42(32-37)58-26-24-57(25-27-58)41-18-16-39(17-19-41)54-67(63,64)44-20-21-45(46(33-44)59(61)62)53-40(22-23-56-28-30-65-31-29-56)34-66-43-10-5-4-6-11-43/h4-21,32-33,40,53-54H,22-31,34H2,1-3H3,(H,52,60)/t40-/m1/s1. The van der Waals surface area contributed by atoms with Gasteiger partial charge in [-0.1, -0.05) is 30.3 Å². The lowest BCUT2D eigenvalue weighted by molar-refractivity contribution is -0.384. The number of sulfonamides is 1. The molecular formula is C50H55FN8O6S2. The van der Waals surface area contributed by atoms with Crippen molar-refractivity contribution >= 4 is 56.1 Å². The molecule has 14 nitrogen and oxygen atoms in total. The van der Waals surface area contributed by atoms with Crippen LogP contribution in [0.2, 0.25) is 0 Å². The largest absolute Gasteiger partial charge is 0.379 e. The van der Waals surface area contributed by atoms with Crippen molar-refractivity contribution in [1.29, 1.82) is 0 Å². The van der Waals surface area contributed by atoms with Gasteiger partial charge in [0.25, 0.3) is 21.6 Å². The molecule has 1 amide bonds. The predicted molar refractivity (Wildman–Crippen MR) is 266 cm³/mol. The van der Waals surface area contributed by atoms with E-state index in [2.05, 4.69) is 42.2 Å². The maximum atomic E-state index is 14.0. The van der Waals surface area contributed by atoms with E-state index in [-0.39, 0.29) is 34.0 Å². The second kappa shape index (κ2) is 21.1. The first kappa shape index (κ1) is 47.1. The average Bonchev–Trinajstić information content (AvgIpc) is 3.62. The molecule has 2 saturated heterocycles. The Kier molecular flexibility index (Phi) is 14.8. The SMILES string of the molecule is CNC(=O)c1c(-c2cccc(N3CCN(c4ccc(NS(=O)(=O)c5ccc(N[C@H](CCN6CCOCC6)CSc6ccccc6)c([N+](=O)[O-])c5)cc4)CC3)c2)c(-c2ccc(F)cc2)n(C)c1C. The molecule has 0 aliphatic carbocycles. The fourth-order valence-electron chi connectivity index (χ4n) is 8.71. The Balaban J connectivity index is 0.923. The number of piperazine rings is 1. The highest BCUT2D eigenvalue weighted by Gasteiger charge is 2.28. The van der Waals surface area contributed by atoms with Gasteiger partial charge in [-0.3, -0.25) is 24.5 Å². The highest BCUT2D eigenvalue weighted by atomic mass is 32.2. The highest BCUT2D eigenvalue weighted by molar-refractivity contribution is 7.99. The lowest BCUT2D eigenvalue weighted by Gasteiger charge is -2.37. The first-order valence-electron chi connectivity index (χ1n) is 22.3. The Hall–Kier alpha value is -6.40. The van der Waals surface area contributed by atoms with Crippen LogP contribution in [-0.2, 0) is 21.8 Å². The molecule has 17 heteroatoms. The molecule has 2 fully saturated rings. The van der Waals surface area contributed by atoms with Gasteiger partial charge < -0.3 is 29.7 Å². The molecule has 0 spiro atoms. The summed E-state index contributed by atoms with van der Waals surface area (Å²) in [4.78, 5) is 32.9. The summed E-state index contributed by atoms with van der Waals surface area (Å²) < 4.78 is 51.4. The smallest absolute Gasteiger partial charge is 0.293 e. The van der Waals surface area contributed by atoms with Gasteiger partial charge in [0.05, 0.1) is 34.3 Å². The third-order valence-electron chi connectivity index (χ3n) is 12.5. The molecule has 67 heavy (non-hydrogen) atoms. The van der Waals surface area contributed by atoms with Crippen molar-refractivity contribution in [3.63, 3.8) is 0 Å². The van der Waals surface area contributed by atoms with Crippen LogP contribution in [-0.4, -0.2) is 107 Å². The number of hydrogen-bond acceptors (Lipinski definition) is 11. The van der Waals surface area contributed by atoms with Crippen LogP contribution in [0, 0.1) is 22.9 Å². The summed E-state index contributed by atoms with van der Waals surface area (Å²) in [6.45, 7) is 8.55. The number of benzene rings is 5. The molecular weight excluding hydrogens is 892 g/mol. The van der Waals surface area contributed by atoms with Crippen LogP contribution in [0.25, 0.3) is 22.4 Å². The van der Waals surface area contributed by atoms with E-state index >= 15 is 0 Å². The third-order valence-corrected chi connectivity index (χ3v) is 15.0. The molecule has 3 N–H and O–H groups in total. The zero-order valence-corrected chi connectivity index (χ0v) is 39.4. The summed E-state index contributed by atoms with van der Waals surface area (Å²) in [6, 6.07) is 35.4. The van der Waals surface area contributed by atoms with E-state index in [1.54, 1.807) is 43.1 Å². The fraction of sp³-hybridized carbons (Fsp3) is 0.300. The maximum absolute atomic E-state index is 14.0. The number of aromatic nitrogens is 1. The van der Waals surface area contributed by atoms with Crippen LogP contribution in [0.1, 0.15) is 22.5 Å². The first-order chi connectivity index (χ1) is 32.4. The minimum atomic E-state index is -4.18. The molecule has 8 rings (SSSR count). The molecule has 0 unspecified atom stereocenters. The van der Waals surface area contributed by atoms with Crippen LogP contribution >= 0.6 is 11.8 Å². The van der Waals surface area contributed by atoms with Crippen LogP contribution in [0.15, 0.2) is 131 Å². The Labute approximate surface area is 395 Å². The Morgan fingerprint density at radius 1 is 0.836 bits per heavy atom. The number of thioether (sulfide) groups is 1. The van der Waals surface area contributed by atoms with E-state index < -0.39 is 14.9 Å². The number of nitrogens with one attached hydrogen (secondary N) is 3.